The highest BCUT2D eigenvalue weighted by atomic mass is 32.1. The molecule has 2 aromatic carbocycles. The third-order valence-corrected chi connectivity index (χ3v) is 7.90. The number of hydrogen-bond donors (Lipinski definition) is 1. The van der Waals surface area contributed by atoms with Gasteiger partial charge in [-0.15, -0.1) is 11.3 Å². The monoisotopic (exact) mass is 505 g/mol. The molecule has 0 bridgehead atoms. The number of carbonyl (C=O) groups excluding carboxylic acids is 2. The van der Waals surface area contributed by atoms with E-state index in [9.17, 15) is 14.7 Å². The standard InChI is InChI=1S/C26H23N3O4S2/c1-5-33-18-9-7-6-8-16(18)21-20(22(30)24-14(3)27-15(4)34-24)23(31)25(32)29(21)26-28-17-11-10-13(2)12-19(17)35-26/h6-12,21,31H,5H2,1-4H3. The van der Waals surface area contributed by atoms with Crippen molar-refractivity contribution in [3.63, 3.8) is 0 Å². The van der Waals surface area contributed by atoms with Crippen molar-refractivity contribution in [1.82, 2.24) is 9.97 Å². The number of Topliss-reactive ketones (excluding diaryl/α,β-unsaturated/α-hetero) is 1. The number of benzene rings is 2. The summed E-state index contributed by atoms with van der Waals surface area (Å²) < 4.78 is 6.77. The highest BCUT2D eigenvalue weighted by Crippen LogP contribution is 2.47. The first kappa shape index (κ1) is 23.2. The van der Waals surface area contributed by atoms with Gasteiger partial charge in [0, 0.05) is 5.56 Å². The Bertz CT molecular complexity index is 1520. The van der Waals surface area contributed by atoms with Crippen LogP contribution in [0.2, 0.25) is 0 Å². The van der Waals surface area contributed by atoms with Crippen LogP contribution in [0.25, 0.3) is 10.2 Å². The number of aryl methyl sites for hydroxylation is 3. The number of ether oxygens (including phenoxy) is 1. The van der Waals surface area contributed by atoms with Gasteiger partial charge in [-0.3, -0.25) is 14.5 Å². The Morgan fingerprint density at radius 2 is 1.89 bits per heavy atom. The molecule has 9 heteroatoms. The van der Waals surface area contributed by atoms with E-state index in [1.807, 2.05) is 57.2 Å². The van der Waals surface area contributed by atoms with Crippen LogP contribution in [0.5, 0.6) is 5.75 Å². The molecule has 1 aliphatic heterocycles. The van der Waals surface area contributed by atoms with Crippen molar-refractivity contribution in [2.75, 3.05) is 11.5 Å². The van der Waals surface area contributed by atoms with E-state index in [4.69, 9.17) is 4.74 Å². The topological polar surface area (TPSA) is 92.6 Å². The molecule has 1 N–H and O–H groups in total. The highest BCUT2D eigenvalue weighted by molar-refractivity contribution is 7.22. The van der Waals surface area contributed by atoms with E-state index < -0.39 is 23.5 Å². The number of carbonyl (C=O) groups is 2. The van der Waals surface area contributed by atoms with E-state index in [1.165, 1.54) is 27.6 Å². The molecule has 5 rings (SSSR count). The average molecular weight is 506 g/mol. The first-order chi connectivity index (χ1) is 16.8. The molecule has 2 aromatic heterocycles. The van der Waals surface area contributed by atoms with Gasteiger partial charge in [0.05, 0.1) is 38.0 Å². The van der Waals surface area contributed by atoms with E-state index in [2.05, 4.69) is 9.97 Å². The predicted molar refractivity (Wildman–Crippen MR) is 138 cm³/mol. The zero-order valence-electron chi connectivity index (χ0n) is 19.7. The van der Waals surface area contributed by atoms with Crippen molar-refractivity contribution in [2.24, 2.45) is 0 Å². The third kappa shape index (κ3) is 3.90. The maximum Gasteiger partial charge on any atom is 0.296 e. The molecule has 1 aliphatic rings. The van der Waals surface area contributed by atoms with Gasteiger partial charge in [0.2, 0.25) is 5.78 Å². The molecule has 3 heterocycles. The van der Waals surface area contributed by atoms with Gasteiger partial charge >= 0.3 is 0 Å². The Hall–Kier alpha value is -3.56. The molecule has 0 spiro atoms. The minimum absolute atomic E-state index is 0.00402. The number of fused-ring (bicyclic) bond motifs is 1. The molecule has 0 aliphatic carbocycles. The Balaban J connectivity index is 1.72. The lowest BCUT2D eigenvalue weighted by molar-refractivity contribution is -0.117. The summed E-state index contributed by atoms with van der Waals surface area (Å²) in [4.78, 5) is 38.2. The molecule has 0 radical (unpaired) electrons. The molecule has 7 nitrogen and oxygen atoms in total. The summed E-state index contributed by atoms with van der Waals surface area (Å²) >= 11 is 2.59. The molecule has 35 heavy (non-hydrogen) atoms. The van der Waals surface area contributed by atoms with Crippen molar-refractivity contribution in [3.8, 4) is 5.75 Å². The van der Waals surface area contributed by atoms with Crippen LogP contribution in [0.15, 0.2) is 53.8 Å². The summed E-state index contributed by atoms with van der Waals surface area (Å²) in [5.41, 5.74) is 2.99. The first-order valence-corrected chi connectivity index (χ1v) is 12.8. The van der Waals surface area contributed by atoms with Crippen LogP contribution in [-0.2, 0) is 4.79 Å². The van der Waals surface area contributed by atoms with E-state index in [0.717, 1.165) is 20.8 Å². The molecule has 178 valence electrons. The summed E-state index contributed by atoms with van der Waals surface area (Å²) in [6, 6.07) is 12.2. The lowest BCUT2D eigenvalue weighted by Gasteiger charge is -2.26. The number of anilines is 1. The molecule has 0 fully saturated rings. The maximum atomic E-state index is 13.8. The van der Waals surface area contributed by atoms with Gasteiger partial charge in [0.15, 0.2) is 10.9 Å². The lowest BCUT2D eigenvalue weighted by atomic mass is 9.94. The fraction of sp³-hybridized carbons (Fsp3) is 0.231. The van der Waals surface area contributed by atoms with Crippen molar-refractivity contribution in [2.45, 2.75) is 33.7 Å². The third-order valence-electron chi connectivity index (χ3n) is 5.81. The smallest absolute Gasteiger partial charge is 0.296 e. The number of hydrogen-bond acceptors (Lipinski definition) is 8. The molecular formula is C26H23N3O4S2. The van der Waals surface area contributed by atoms with Crippen molar-refractivity contribution in [3.05, 3.63) is 80.5 Å². The second-order valence-electron chi connectivity index (χ2n) is 8.25. The lowest BCUT2D eigenvalue weighted by Crippen LogP contribution is -2.31. The number of amides is 1. The molecule has 1 amide bonds. The minimum atomic E-state index is -0.902. The fourth-order valence-corrected chi connectivity index (χ4v) is 6.27. The zero-order valence-corrected chi connectivity index (χ0v) is 21.3. The Morgan fingerprint density at radius 3 is 2.60 bits per heavy atom. The number of ketones is 1. The number of aliphatic hydroxyl groups excluding tert-OH is 1. The van der Waals surface area contributed by atoms with Crippen molar-refractivity contribution in [1.29, 1.82) is 0 Å². The first-order valence-electron chi connectivity index (χ1n) is 11.1. The van der Waals surface area contributed by atoms with Crippen LogP contribution >= 0.6 is 22.7 Å². The SMILES string of the molecule is CCOc1ccccc1C1C(C(=O)c2sc(C)nc2C)=C(O)C(=O)N1c1nc2ccc(C)cc2s1. The Kier molecular flexibility index (Phi) is 5.90. The second kappa shape index (κ2) is 8.90. The van der Waals surface area contributed by atoms with E-state index in [1.54, 1.807) is 13.0 Å². The van der Waals surface area contributed by atoms with Crippen molar-refractivity contribution < 1.29 is 19.4 Å². The normalized spacial score (nSPS) is 15.9. The molecule has 0 saturated carbocycles. The highest BCUT2D eigenvalue weighted by Gasteiger charge is 2.47. The Labute approximate surface area is 210 Å². The molecule has 1 unspecified atom stereocenters. The number of thiazole rings is 2. The van der Waals surface area contributed by atoms with Crippen molar-refractivity contribution >= 4 is 49.7 Å². The molecular weight excluding hydrogens is 482 g/mol. The van der Waals surface area contributed by atoms with Crippen LogP contribution < -0.4 is 9.64 Å². The summed E-state index contributed by atoms with van der Waals surface area (Å²) in [6.07, 6.45) is 0. The van der Waals surface area contributed by atoms with Crippen LogP contribution in [0.3, 0.4) is 0 Å². The molecule has 0 saturated heterocycles. The predicted octanol–water partition coefficient (Wildman–Crippen LogP) is 5.86. The largest absolute Gasteiger partial charge is 0.503 e. The van der Waals surface area contributed by atoms with Crippen LogP contribution in [-0.4, -0.2) is 33.4 Å². The number of para-hydroxylation sites is 1. The van der Waals surface area contributed by atoms with Gasteiger partial charge in [-0.05, 0) is 51.5 Å². The minimum Gasteiger partial charge on any atom is -0.503 e. The van der Waals surface area contributed by atoms with E-state index >= 15 is 0 Å². The number of aliphatic hydroxyl groups is 1. The van der Waals surface area contributed by atoms with E-state index in [-0.39, 0.29) is 5.57 Å². The summed E-state index contributed by atoms with van der Waals surface area (Å²) in [6.45, 7) is 7.84. The number of aromatic nitrogens is 2. The van der Waals surface area contributed by atoms with E-state index in [0.29, 0.717) is 33.6 Å². The van der Waals surface area contributed by atoms with Gasteiger partial charge in [0.25, 0.3) is 5.91 Å². The van der Waals surface area contributed by atoms with Crippen LogP contribution in [0.1, 0.15) is 44.5 Å². The van der Waals surface area contributed by atoms with Crippen LogP contribution in [0.4, 0.5) is 5.13 Å². The van der Waals surface area contributed by atoms with Gasteiger partial charge < -0.3 is 9.84 Å². The van der Waals surface area contributed by atoms with Crippen LogP contribution in [0, 0.1) is 20.8 Å². The fourth-order valence-electron chi connectivity index (χ4n) is 4.31. The molecule has 4 aromatic rings. The summed E-state index contributed by atoms with van der Waals surface area (Å²) in [5.74, 6) is -1.13. The number of rotatable bonds is 6. The van der Waals surface area contributed by atoms with Gasteiger partial charge in [-0.25, -0.2) is 9.97 Å². The van der Waals surface area contributed by atoms with Gasteiger partial charge in [0.1, 0.15) is 11.8 Å². The summed E-state index contributed by atoms with van der Waals surface area (Å²) in [7, 11) is 0. The number of nitrogens with zero attached hydrogens (tertiary/aromatic N) is 3. The quantitative estimate of drug-likeness (QED) is 0.330. The Morgan fingerprint density at radius 1 is 1.11 bits per heavy atom. The second-order valence-corrected chi connectivity index (χ2v) is 10.5. The van der Waals surface area contributed by atoms with Gasteiger partial charge in [-0.1, -0.05) is 35.6 Å². The maximum absolute atomic E-state index is 13.8. The average Bonchev–Trinajstić information content (AvgIpc) is 3.47. The zero-order chi connectivity index (χ0) is 24.9. The summed E-state index contributed by atoms with van der Waals surface area (Å²) in [5, 5.41) is 12.2. The molecule has 1 atom stereocenters. The van der Waals surface area contributed by atoms with Gasteiger partial charge in [-0.2, -0.15) is 0 Å².